The first-order valence-corrected chi connectivity index (χ1v) is 9.72. The monoisotopic (exact) mass is 355 g/mol. The second kappa shape index (κ2) is 6.05. The number of alkyl halides is 1. The number of aromatic nitrogens is 3. The molecule has 1 saturated heterocycles. The van der Waals surface area contributed by atoms with Crippen LogP contribution in [0.5, 0.6) is 0 Å². The minimum Gasteiger partial charge on any atom is -0.383 e. The van der Waals surface area contributed by atoms with Crippen molar-refractivity contribution in [3.8, 4) is 11.3 Å². The van der Waals surface area contributed by atoms with Gasteiger partial charge in [0.05, 0.1) is 5.69 Å². The van der Waals surface area contributed by atoms with Gasteiger partial charge in [-0.05, 0) is 49.1 Å². The molecule has 6 heteroatoms. The van der Waals surface area contributed by atoms with Crippen molar-refractivity contribution in [2.24, 2.45) is 17.8 Å². The number of rotatable bonds is 6. The quantitative estimate of drug-likeness (QED) is 0.866. The summed E-state index contributed by atoms with van der Waals surface area (Å²) in [5.41, 5.74) is 8.90. The molecular formula is C20H26FN5. The van der Waals surface area contributed by atoms with Crippen molar-refractivity contribution in [3.63, 3.8) is 0 Å². The van der Waals surface area contributed by atoms with Gasteiger partial charge >= 0.3 is 0 Å². The molecule has 1 unspecified atom stereocenters. The maximum atomic E-state index is 12.6. The van der Waals surface area contributed by atoms with Gasteiger partial charge in [-0.3, -0.25) is 0 Å². The first-order chi connectivity index (χ1) is 12.6. The SMILES string of the molecule is Cc1cc(-c2cn(C3[C@H]4CN(CCF)C[C@@H]34)c(CC3CC3)n2)cnc1N. The topological polar surface area (TPSA) is 60.0 Å². The van der Waals surface area contributed by atoms with Crippen LogP contribution in [0, 0.1) is 24.7 Å². The highest BCUT2D eigenvalue weighted by atomic mass is 19.1. The fourth-order valence-corrected chi connectivity index (χ4v) is 4.58. The molecule has 2 aromatic rings. The summed E-state index contributed by atoms with van der Waals surface area (Å²) >= 11 is 0. The molecule has 3 aliphatic rings. The normalized spacial score (nSPS) is 27.7. The lowest BCUT2D eigenvalue weighted by Crippen LogP contribution is -2.27. The number of nitrogens with two attached hydrogens (primary N) is 1. The predicted molar refractivity (Wildman–Crippen MR) is 99.5 cm³/mol. The van der Waals surface area contributed by atoms with Crippen LogP contribution >= 0.6 is 0 Å². The fraction of sp³-hybridized carbons (Fsp3) is 0.600. The van der Waals surface area contributed by atoms with Gasteiger partial charge < -0.3 is 15.2 Å². The molecule has 5 nitrogen and oxygen atoms in total. The molecule has 0 spiro atoms. The van der Waals surface area contributed by atoms with Crippen LogP contribution in [0.25, 0.3) is 11.3 Å². The zero-order valence-corrected chi connectivity index (χ0v) is 15.2. The molecular weight excluding hydrogens is 329 g/mol. The molecule has 0 aromatic carbocycles. The average Bonchev–Trinajstić information content (AvgIpc) is 3.46. The van der Waals surface area contributed by atoms with E-state index in [1.54, 1.807) is 0 Å². The summed E-state index contributed by atoms with van der Waals surface area (Å²) in [5.74, 6) is 3.92. The number of pyridine rings is 1. The number of hydrogen-bond donors (Lipinski definition) is 1. The summed E-state index contributed by atoms with van der Waals surface area (Å²) in [6, 6.07) is 2.62. The van der Waals surface area contributed by atoms with E-state index in [1.165, 1.54) is 18.7 Å². The lowest BCUT2D eigenvalue weighted by atomic mass is 10.1. The van der Waals surface area contributed by atoms with Gasteiger partial charge in [0, 0.05) is 50.1 Å². The Labute approximate surface area is 153 Å². The van der Waals surface area contributed by atoms with Crippen molar-refractivity contribution in [2.45, 2.75) is 32.2 Å². The van der Waals surface area contributed by atoms with Crippen molar-refractivity contribution in [2.75, 3.05) is 32.0 Å². The molecule has 138 valence electrons. The van der Waals surface area contributed by atoms with Crippen LogP contribution < -0.4 is 5.73 Å². The zero-order valence-electron chi connectivity index (χ0n) is 15.2. The fourth-order valence-electron chi connectivity index (χ4n) is 4.58. The highest BCUT2D eigenvalue weighted by molar-refractivity contribution is 5.61. The van der Waals surface area contributed by atoms with E-state index in [2.05, 4.69) is 26.7 Å². The highest BCUT2D eigenvalue weighted by Crippen LogP contribution is 2.56. The van der Waals surface area contributed by atoms with Gasteiger partial charge in [0.15, 0.2) is 0 Å². The Kier molecular flexibility index (Phi) is 3.78. The van der Waals surface area contributed by atoms with Crippen LogP contribution in [0.2, 0.25) is 0 Å². The third-order valence-corrected chi connectivity index (χ3v) is 6.34. The third-order valence-electron chi connectivity index (χ3n) is 6.34. The van der Waals surface area contributed by atoms with Crippen LogP contribution in [-0.4, -0.2) is 45.7 Å². The molecule has 0 amide bonds. The van der Waals surface area contributed by atoms with Crippen LogP contribution in [0.3, 0.4) is 0 Å². The number of fused-ring (bicyclic) bond motifs is 1. The lowest BCUT2D eigenvalue weighted by Gasteiger charge is -2.18. The molecule has 5 rings (SSSR count). The molecule has 0 bridgehead atoms. The maximum absolute atomic E-state index is 12.6. The van der Waals surface area contributed by atoms with Crippen LogP contribution in [0.4, 0.5) is 10.2 Å². The largest absolute Gasteiger partial charge is 0.383 e. The van der Waals surface area contributed by atoms with Gasteiger partial charge in [-0.25, -0.2) is 14.4 Å². The average molecular weight is 355 g/mol. The standard InChI is InChI=1S/C20H26FN5/c1-12-6-14(8-23-20(12)22)17-11-26(18(24-17)7-13-2-3-13)19-15-9-25(5-4-21)10-16(15)19/h6,8,11,13,15-16,19H,2-5,7,9-10H2,1H3,(H2,22,23)/t15-,16+,19?. The minimum atomic E-state index is -0.240. The third kappa shape index (κ3) is 2.80. The number of halogens is 1. The van der Waals surface area contributed by atoms with Gasteiger partial charge in [-0.1, -0.05) is 0 Å². The molecule has 2 N–H and O–H groups in total. The van der Waals surface area contributed by atoms with E-state index in [4.69, 9.17) is 10.7 Å². The minimum absolute atomic E-state index is 0.240. The Morgan fingerprint density at radius 3 is 2.69 bits per heavy atom. The Hall–Kier alpha value is -1.95. The highest BCUT2D eigenvalue weighted by Gasteiger charge is 2.57. The van der Waals surface area contributed by atoms with Gasteiger partial charge in [0.25, 0.3) is 0 Å². The first-order valence-electron chi connectivity index (χ1n) is 9.72. The molecule has 3 heterocycles. The van der Waals surface area contributed by atoms with Crippen molar-refractivity contribution in [1.29, 1.82) is 0 Å². The van der Waals surface area contributed by atoms with Crippen LogP contribution in [-0.2, 0) is 6.42 Å². The predicted octanol–water partition coefficient (Wildman–Crippen LogP) is 2.86. The smallest absolute Gasteiger partial charge is 0.126 e. The van der Waals surface area contributed by atoms with Crippen molar-refractivity contribution >= 4 is 5.82 Å². The second-order valence-corrected chi connectivity index (χ2v) is 8.29. The van der Waals surface area contributed by atoms with Gasteiger partial charge in [0.2, 0.25) is 0 Å². The van der Waals surface area contributed by atoms with E-state index in [0.717, 1.165) is 42.2 Å². The summed E-state index contributed by atoms with van der Waals surface area (Å²) < 4.78 is 15.0. The Bertz CT molecular complexity index is 816. The number of nitrogens with zero attached hydrogens (tertiary/aromatic N) is 4. The molecule has 2 aliphatic carbocycles. The number of anilines is 1. The number of imidazole rings is 1. The number of likely N-dealkylation sites (tertiary alicyclic amines) is 1. The van der Waals surface area contributed by atoms with E-state index >= 15 is 0 Å². The zero-order chi connectivity index (χ0) is 17.8. The van der Waals surface area contributed by atoms with Crippen molar-refractivity contribution in [1.82, 2.24) is 19.4 Å². The van der Waals surface area contributed by atoms with Gasteiger partial charge in [-0.2, -0.15) is 0 Å². The summed E-state index contributed by atoms with van der Waals surface area (Å²) in [6.45, 7) is 4.38. The summed E-state index contributed by atoms with van der Waals surface area (Å²) in [5, 5.41) is 0. The molecule has 3 atom stereocenters. The maximum Gasteiger partial charge on any atom is 0.126 e. The number of aryl methyl sites for hydroxylation is 1. The van der Waals surface area contributed by atoms with Crippen LogP contribution in [0.1, 0.15) is 30.3 Å². The summed E-state index contributed by atoms with van der Waals surface area (Å²) in [4.78, 5) is 11.5. The lowest BCUT2D eigenvalue weighted by molar-refractivity contribution is 0.257. The Morgan fingerprint density at radius 2 is 2.04 bits per heavy atom. The van der Waals surface area contributed by atoms with E-state index in [0.29, 0.717) is 30.2 Å². The second-order valence-electron chi connectivity index (χ2n) is 8.29. The molecule has 1 aliphatic heterocycles. The number of hydrogen-bond acceptors (Lipinski definition) is 4. The Morgan fingerprint density at radius 1 is 1.27 bits per heavy atom. The molecule has 2 saturated carbocycles. The van der Waals surface area contributed by atoms with Crippen molar-refractivity contribution in [3.05, 3.63) is 29.8 Å². The number of piperidine rings is 1. The van der Waals surface area contributed by atoms with Gasteiger partial charge in [-0.15, -0.1) is 0 Å². The van der Waals surface area contributed by atoms with E-state index in [-0.39, 0.29) is 6.67 Å². The van der Waals surface area contributed by atoms with E-state index < -0.39 is 0 Å². The molecule has 0 radical (unpaired) electrons. The van der Waals surface area contributed by atoms with E-state index in [1.807, 2.05) is 13.1 Å². The Balaban J connectivity index is 1.42. The number of nitrogen functional groups attached to an aromatic ring is 1. The first kappa shape index (κ1) is 16.2. The molecule has 3 fully saturated rings. The summed E-state index contributed by atoms with van der Waals surface area (Å²) in [7, 11) is 0. The van der Waals surface area contributed by atoms with Gasteiger partial charge in [0.1, 0.15) is 18.3 Å². The van der Waals surface area contributed by atoms with E-state index in [9.17, 15) is 4.39 Å². The van der Waals surface area contributed by atoms with Crippen molar-refractivity contribution < 1.29 is 4.39 Å². The summed E-state index contributed by atoms with van der Waals surface area (Å²) in [6.07, 6.45) is 7.77. The van der Waals surface area contributed by atoms with Crippen LogP contribution in [0.15, 0.2) is 18.5 Å². The molecule has 26 heavy (non-hydrogen) atoms. The molecule has 2 aromatic heterocycles.